The first-order valence-corrected chi connectivity index (χ1v) is 5.12. The van der Waals surface area contributed by atoms with Crippen LogP contribution in [0.2, 0.25) is 0 Å². The van der Waals surface area contributed by atoms with Crippen LogP contribution in [0.1, 0.15) is 40.0 Å². The first kappa shape index (κ1) is 10.2. The first-order chi connectivity index (χ1) is 6.20. The van der Waals surface area contributed by atoms with Crippen molar-refractivity contribution in [3.05, 3.63) is 23.3 Å². The molecule has 0 radical (unpaired) electrons. The molecule has 0 fully saturated rings. The van der Waals surface area contributed by atoms with E-state index in [0.717, 1.165) is 18.5 Å². The van der Waals surface area contributed by atoms with Gasteiger partial charge in [0.05, 0.1) is 12.3 Å². The average Bonchev–Trinajstić information content (AvgIpc) is 2.48. The Balaban J connectivity index is 2.86. The van der Waals surface area contributed by atoms with Gasteiger partial charge in [-0.3, -0.25) is 4.99 Å². The minimum atomic E-state index is 0.916. The number of rotatable bonds is 4. The summed E-state index contributed by atoms with van der Waals surface area (Å²) in [5.41, 5.74) is 5.27. The van der Waals surface area contributed by atoms with Gasteiger partial charge in [-0.05, 0) is 36.5 Å². The molecular formula is C12H19N. The molecule has 0 atom stereocenters. The van der Waals surface area contributed by atoms with Crippen LogP contribution in [-0.4, -0.2) is 12.3 Å². The van der Waals surface area contributed by atoms with E-state index in [1.165, 1.54) is 29.7 Å². The quantitative estimate of drug-likeness (QED) is 0.623. The minimum absolute atomic E-state index is 0.916. The molecule has 0 unspecified atom stereocenters. The summed E-state index contributed by atoms with van der Waals surface area (Å²) in [6.07, 6.45) is 3.52. The van der Waals surface area contributed by atoms with Gasteiger partial charge in [0, 0.05) is 0 Å². The minimum Gasteiger partial charge on any atom is -0.280 e. The molecule has 1 rings (SSSR count). The highest BCUT2D eigenvalue weighted by atomic mass is 14.8. The Morgan fingerprint density at radius 1 is 1.46 bits per heavy atom. The highest BCUT2D eigenvalue weighted by molar-refractivity contribution is 6.13. The molecule has 0 spiro atoms. The molecule has 0 saturated carbocycles. The molecule has 0 aromatic heterocycles. The van der Waals surface area contributed by atoms with Crippen molar-refractivity contribution in [2.24, 2.45) is 4.99 Å². The third-order valence-electron chi connectivity index (χ3n) is 2.45. The molecule has 1 aliphatic heterocycles. The predicted octanol–water partition coefficient (Wildman–Crippen LogP) is 3.52. The Bertz CT molecular complexity index is 269. The highest BCUT2D eigenvalue weighted by Crippen LogP contribution is 2.24. The lowest BCUT2D eigenvalue weighted by Gasteiger charge is -2.06. The van der Waals surface area contributed by atoms with Gasteiger partial charge in [0.25, 0.3) is 0 Å². The second-order valence-corrected chi connectivity index (χ2v) is 3.63. The Hall–Kier alpha value is -0.850. The van der Waals surface area contributed by atoms with Crippen LogP contribution in [0.4, 0.5) is 0 Å². The lowest BCUT2D eigenvalue weighted by molar-refractivity contribution is 0.871. The normalized spacial score (nSPS) is 16.4. The SMILES string of the molecule is C=C(C)C1=NCC(CCC)=C1CC. The molecule has 0 N–H and O–H groups in total. The first-order valence-electron chi connectivity index (χ1n) is 5.12. The second-order valence-electron chi connectivity index (χ2n) is 3.63. The van der Waals surface area contributed by atoms with Gasteiger partial charge in [-0.2, -0.15) is 0 Å². The fourth-order valence-corrected chi connectivity index (χ4v) is 1.87. The Kier molecular flexibility index (Phi) is 3.47. The Morgan fingerprint density at radius 2 is 2.15 bits per heavy atom. The smallest absolute Gasteiger partial charge is 0.0633 e. The van der Waals surface area contributed by atoms with Crippen LogP contribution in [-0.2, 0) is 0 Å². The monoisotopic (exact) mass is 177 g/mol. The van der Waals surface area contributed by atoms with Crippen LogP contribution < -0.4 is 0 Å². The van der Waals surface area contributed by atoms with E-state index in [4.69, 9.17) is 0 Å². The largest absolute Gasteiger partial charge is 0.280 e. The fraction of sp³-hybridized carbons (Fsp3) is 0.583. The summed E-state index contributed by atoms with van der Waals surface area (Å²) in [5, 5.41) is 0. The molecule has 1 nitrogen and oxygen atoms in total. The van der Waals surface area contributed by atoms with E-state index in [-0.39, 0.29) is 0 Å². The van der Waals surface area contributed by atoms with Crippen LogP contribution >= 0.6 is 0 Å². The van der Waals surface area contributed by atoms with E-state index in [0.29, 0.717) is 0 Å². The van der Waals surface area contributed by atoms with Crippen LogP contribution in [0, 0.1) is 0 Å². The summed E-state index contributed by atoms with van der Waals surface area (Å²) >= 11 is 0. The van der Waals surface area contributed by atoms with Gasteiger partial charge in [-0.15, -0.1) is 0 Å². The van der Waals surface area contributed by atoms with Crippen molar-refractivity contribution in [2.45, 2.75) is 40.0 Å². The van der Waals surface area contributed by atoms with Crippen molar-refractivity contribution < 1.29 is 0 Å². The Morgan fingerprint density at radius 3 is 2.62 bits per heavy atom. The zero-order valence-electron chi connectivity index (χ0n) is 8.98. The molecule has 1 heterocycles. The van der Waals surface area contributed by atoms with Gasteiger partial charge in [0.15, 0.2) is 0 Å². The number of allylic oxidation sites excluding steroid dienone is 2. The lowest BCUT2D eigenvalue weighted by atomic mass is 9.97. The van der Waals surface area contributed by atoms with Crippen molar-refractivity contribution in [2.75, 3.05) is 6.54 Å². The molecule has 0 saturated heterocycles. The topological polar surface area (TPSA) is 12.4 Å². The maximum absolute atomic E-state index is 4.53. The number of aliphatic imine (C=N–C) groups is 1. The second kappa shape index (κ2) is 4.40. The number of hydrogen-bond acceptors (Lipinski definition) is 1. The molecule has 0 amide bonds. The van der Waals surface area contributed by atoms with E-state index in [1.54, 1.807) is 0 Å². The van der Waals surface area contributed by atoms with Crippen molar-refractivity contribution in [3.8, 4) is 0 Å². The van der Waals surface area contributed by atoms with E-state index >= 15 is 0 Å². The molecule has 0 aromatic carbocycles. The molecule has 13 heavy (non-hydrogen) atoms. The van der Waals surface area contributed by atoms with Crippen molar-refractivity contribution in [1.82, 2.24) is 0 Å². The summed E-state index contributed by atoms with van der Waals surface area (Å²) < 4.78 is 0. The average molecular weight is 177 g/mol. The Labute approximate surface area is 81.3 Å². The molecule has 0 bridgehead atoms. The van der Waals surface area contributed by atoms with Crippen molar-refractivity contribution in [3.63, 3.8) is 0 Å². The van der Waals surface area contributed by atoms with E-state index in [1.807, 2.05) is 6.92 Å². The van der Waals surface area contributed by atoms with Gasteiger partial charge in [0.1, 0.15) is 0 Å². The van der Waals surface area contributed by atoms with Crippen LogP contribution in [0.5, 0.6) is 0 Å². The van der Waals surface area contributed by atoms with Gasteiger partial charge >= 0.3 is 0 Å². The highest BCUT2D eigenvalue weighted by Gasteiger charge is 2.16. The van der Waals surface area contributed by atoms with Crippen molar-refractivity contribution >= 4 is 5.71 Å². The van der Waals surface area contributed by atoms with Gasteiger partial charge in [0.2, 0.25) is 0 Å². The summed E-state index contributed by atoms with van der Waals surface area (Å²) in [7, 11) is 0. The number of nitrogens with zero attached hydrogens (tertiary/aromatic N) is 1. The molecule has 1 heteroatoms. The standard InChI is InChI=1S/C12H19N/c1-5-7-10-8-13-12(9(3)4)11(10)6-2/h3,5-8H2,1-2,4H3. The fourth-order valence-electron chi connectivity index (χ4n) is 1.87. The summed E-state index contributed by atoms with van der Waals surface area (Å²) in [6.45, 7) is 11.4. The summed E-state index contributed by atoms with van der Waals surface area (Å²) in [4.78, 5) is 4.53. The molecule has 72 valence electrons. The van der Waals surface area contributed by atoms with Gasteiger partial charge < -0.3 is 0 Å². The number of hydrogen-bond donors (Lipinski definition) is 0. The third-order valence-corrected chi connectivity index (χ3v) is 2.45. The molecule has 0 aromatic rings. The lowest BCUT2D eigenvalue weighted by Crippen LogP contribution is -2.00. The predicted molar refractivity (Wildman–Crippen MR) is 59.3 cm³/mol. The summed E-state index contributed by atoms with van der Waals surface area (Å²) in [5.74, 6) is 0. The zero-order valence-corrected chi connectivity index (χ0v) is 8.98. The zero-order chi connectivity index (χ0) is 9.84. The molecular weight excluding hydrogens is 158 g/mol. The maximum atomic E-state index is 4.53. The summed E-state index contributed by atoms with van der Waals surface area (Å²) in [6, 6.07) is 0. The maximum Gasteiger partial charge on any atom is 0.0633 e. The molecule has 1 aliphatic rings. The van der Waals surface area contributed by atoms with Gasteiger partial charge in [-0.25, -0.2) is 0 Å². The van der Waals surface area contributed by atoms with Crippen LogP contribution in [0.25, 0.3) is 0 Å². The van der Waals surface area contributed by atoms with Gasteiger partial charge in [-0.1, -0.05) is 26.8 Å². The third kappa shape index (κ3) is 2.09. The van der Waals surface area contributed by atoms with E-state index < -0.39 is 0 Å². The van der Waals surface area contributed by atoms with Crippen molar-refractivity contribution in [1.29, 1.82) is 0 Å². The van der Waals surface area contributed by atoms with Crippen LogP contribution in [0.15, 0.2) is 28.3 Å². The van der Waals surface area contributed by atoms with E-state index in [9.17, 15) is 0 Å². The molecule has 0 aliphatic carbocycles. The van der Waals surface area contributed by atoms with Crippen LogP contribution in [0.3, 0.4) is 0 Å². The van der Waals surface area contributed by atoms with E-state index in [2.05, 4.69) is 25.4 Å².